The third-order valence-corrected chi connectivity index (χ3v) is 4.55. The number of hydrogen-bond donors (Lipinski definition) is 2. The lowest BCUT2D eigenvalue weighted by atomic mass is 9.90. The first kappa shape index (κ1) is 19.3. The zero-order valence-electron chi connectivity index (χ0n) is 13.9. The molecule has 128 valence electrons. The first-order valence-corrected chi connectivity index (χ1v) is 8.31. The van der Waals surface area contributed by atoms with Gasteiger partial charge in [0.05, 0.1) is 11.8 Å². The number of carbonyl (C=O) groups is 1. The molecule has 0 radical (unpaired) electrons. The van der Waals surface area contributed by atoms with Gasteiger partial charge in [-0.2, -0.15) is 5.26 Å². The quantitative estimate of drug-likeness (QED) is 0.506. The third-order valence-electron chi connectivity index (χ3n) is 3.57. The van der Waals surface area contributed by atoms with E-state index in [0.29, 0.717) is 24.7 Å². The molecule has 0 aliphatic rings. The second-order valence-electron chi connectivity index (χ2n) is 5.62. The summed E-state index contributed by atoms with van der Waals surface area (Å²) in [6.07, 6.45) is 0.676. The molecule has 1 atom stereocenters. The summed E-state index contributed by atoms with van der Waals surface area (Å²) in [5.41, 5.74) is -1.23. The SMILES string of the molecule is COCCCn1c(SCC(=O)N[C@@](C)(C#N)C(C)C)n[nH]c1=O. The summed E-state index contributed by atoms with van der Waals surface area (Å²) in [5.74, 6) is -0.204. The molecule has 0 aromatic carbocycles. The monoisotopic (exact) mass is 341 g/mol. The minimum atomic E-state index is -0.915. The highest BCUT2D eigenvalue weighted by Crippen LogP contribution is 2.17. The number of H-pyrrole nitrogens is 1. The lowest BCUT2D eigenvalue weighted by Crippen LogP contribution is -2.49. The Morgan fingerprint density at radius 1 is 1.61 bits per heavy atom. The Bertz CT molecular complexity index is 619. The fourth-order valence-corrected chi connectivity index (χ4v) is 2.51. The first-order valence-electron chi connectivity index (χ1n) is 7.33. The van der Waals surface area contributed by atoms with E-state index < -0.39 is 5.54 Å². The summed E-state index contributed by atoms with van der Waals surface area (Å²) in [7, 11) is 1.60. The summed E-state index contributed by atoms with van der Waals surface area (Å²) in [5, 5.41) is 18.7. The first-order chi connectivity index (χ1) is 10.8. The van der Waals surface area contributed by atoms with Crippen LogP contribution in [0.4, 0.5) is 0 Å². The Morgan fingerprint density at radius 2 is 2.30 bits per heavy atom. The number of nitriles is 1. The van der Waals surface area contributed by atoms with Crippen LogP contribution in [0.3, 0.4) is 0 Å². The van der Waals surface area contributed by atoms with E-state index >= 15 is 0 Å². The Hall–Kier alpha value is -1.79. The summed E-state index contributed by atoms with van der Waals surface area (Å²) >= 11 is 1.16. The highest BCUT2D eigenvalue weighted by Gasteiger charge is 2.30. The number of hydrogen-bond acceptors (Lipinski definition) is 6. The molecule has 1 amide bonds. The molecule has 0 saturated carbocycles. The Morgan fingerprint density at radius 3 is 2.87 bits per heavy atom. The topological polar surface area (TPSA) is 113 Å². The predicted octanol–water partition coefficient (Wildman–Crippen LogP) is 0.754. The zero-order valence-corrected chi connectivity index (χ0v) is 14.7. The van der Waals surface area contributed by atoms with E-state index in [1.807, 2.05) is 13.8 Å². The molecular weight excluding hydrogens is 318 g/mol. The van der Waals surface area contributed by atoms with E-state index in [4.69, 9.17) is 4.74 Å². The van der Waals surface area contributed by atoms with Gasteiger partial charge in [-0.1, -0.05) is 25.6 Å². The van der Waals surface area contributed by atoms with Gasteiger partial charge in [0, 0.05) is 20.3 Å². The Labute approximate surface area is 139 Å². The van der Waals surface area contributed by atoms with Gasteiger partial charge in [0.2, 0.25) is 5.91 Å². The number of rotatable bonds is 9. The number of thioether (sulfide) groups is 1. The van der Waals surface area contributed by atoms with Gasteiger partial charge in [0.15, 0.2) is 5.16 Å². The minimum Gasteiger partial charge on any atom is -0.385 e. The van der Waals surface area contributed by atoms with Crippen molar-refractivity contribution in [3.05, 3.63) is 10.5 Å². The van der Waals surface area contributed by atoms with Crippen molar-refractivity contribution >= 4 is 17.7 Å². The van der Waals surface area contributed by atoms with Gasteiger partial charge in [-0.05, 0) is 19.3 Å². The molecule has 0 aliphatic carbocycles. The molecule has 1 aromatic heterocycles. The van der Waals surface area contributed by atoms with E-state index in [0.717, 1.165) is 11.8 Å². The fourth-order valence-electron chi connectivity index (χ4n) is 1.73. The zero-order chi connectivity index (χ0) is 17.5. The maximum Gasteiger partial charge on any atom is 0.343 e. The van der Waals surface area contributed by atoms with Gasteiger partial charge < -0.3 is 10.1 Å². The molecule has 1 aromatic rings. The number of amides is 1. The lowest BCUT2D eigenvalue weighted by molar-refractivity contribution is -0.120. The second-order valence-corrected chi connectivity index (χ2v) is 6.56. The normalized spacial score (nSPS) is 13.6. The third kappa shape index (κ3) is 5.41. The van der Waals surface area contributed by atoms with Crippen molar-refractivity contribution in [2.24, 2.45) is 5.92 Å². The van der Waals surface area contributed by atoms with Crippen molar-refractivity contribution in [2.45, 2.75) is 44.4 Å². The number of methoxy groups -OCH3 is 1. The maximum atomic E-state index is 12.0. The minimum absolute atomic E-state index is 0.0148. The summed E-state index contributed by atoms with van der Waals surface area (Å²) in [6.45, 7) is 6.44. The van der Waals surface area contributed by atoms with E-state index in [1.54, 1.807) is 14.0 Å². The molecule has 2 N–H and O–H groups in total. The van der Waals surface area contributed by atoms with Crippen molar-refractivity contribution in [1.82, 2.24) is 20.1 Å². The average Bonchev–Trinajstić information content (AvgIpc) is 2.86. The van der Waals surface area contributed by atoms with Crippen LogP contribution in [0.1, 0.15) is 27.2 Å². The van der Waals surface area contributed by atoms with E-state index in [9.17, 15) is 14.9 Å². The van der Waals surface area contributed by atoms with Crippen LogP contribution in [0.2, 0.25) is 0 Å². The van der Waals surface area contributed by atoms with E-state index in [1.165, 1.54) is 4.57 Å². The number of nitrogens with zero attached hydrogens (tertiary/aromatic N) is 3. The van der Waals surface area contributed by atoms with Crippen LogP contribution in [-0.4, -0.2) is 45.7 Å². The molecular formula is C14H23N5O3S. The maximum absolute atomic E-state index is 12.0. The number of nitrogens with one attached hydrogen (secondary N) is 2. The molecule has 0 bridgehead atoms. The van der Waals surface area contributed by atoms with Gasteiger partial charge in [-0.15, -0.1) is 5.10 Å². The summed E-state index contributed by atoms with van der Waals surface area (Å²) < 4.78 is 6.44. The average molecular weight is 341 g/mol. The summed E-state index contributed by atoms with van der Waals surface area (Å²) in [6, 6.07) is 2.12. The number of ether oxygens (including phenoxy) is 1. The van der Waals surface area contributed by atoms with Crippen LogP contribution in [-0.2, 0) is 16.1 Å². The van der Waals surface area contributed by atoms with Crippen molar-refractivity contribution in [3.63, 3.8) is 0 Å². The van der Waals surface area contributed by atoms with Gasteiger partial charge in [-0.3, -0.25) is 9.36 Å². The van der Waals surface area contributed by atoms with Crippen LogP contribution in [0, 0.1) is 17.2 Å². The Kier molecular flexibility index (Phi) is 7.32. The second kappa shape index (κ2) is 8.74. The van der Waals surface area contributed by atoms with Crippen LogP contribution in [0.25, 0.3) is 0 Å². The summed E-state index contributed by atoms with van der Waals surface area (Å²) in [4.78, 5) is 23.7. The smallest absolute Gasteiger partial charge is 0.343 e. The van der Waals surface area contributed by atoms with E-state index in [2.05, 4.69) is 21.6 Å². The standard InChI is InChI=1S/C14H23N5O3S/c1-10(2)14(3,9-15)16-11(20)8-23-13-18-17-12(21)19(13)6-5-7-22-4/h10H,5-8H2,1-4H3,(H,16,20)(H,17,21)/t14-/m0/s1. The van der Waals surface area contributed by atoms with Crippen molar-refractivity contribution in [3.8, 4) is 6.07 Å². The molecule has 1 rings (SSSR count). The largest absolute Gasteiger partial charge is 0.385 e. The lowest BCUT2D eigenvalue weighted by Gasteiger charge is -2.27. The molecule has 1 heterocycles. The molecule has 9 heteroatoms. The van der Waals surface area contributed by atoms with Crippen LogP contribution < -0.4 is 11.0 Å². The molecule has 0 unspecified atom stereocenters. The van der Waals surface area contributed by atoms with Gasteiger partial charge in [0.1, 0.15) is 5.54 Å². The fraction of sp³-hybridized carbons (Fsp3) is 0.714. The molecule has 0 aliphatic heterocycles. The van der Waals surface area contributed by atoms with Gasteiger partial charge in [0.25, 0.3) is 0 Å². The van der Waals surface area contributed by atoms with Crippen molar-refractivity contribution in [2.75, 3.05) is 19.5 Å². The Balaban J connectivity index is 2.63. The van der Waals surface area contributed by atoms with Crippen LogP contribution in [0.15, 0.2) is 9.95 Å². The number of aromatic nitrogens is 3. The van der Waals surface area contributed by atoms with Gasteiger partial charge in [-0.25, -0.2) is 9.89 Å². The molecule has 0 fully saturated rings. The molecule has 8 nitrogen and oxygen atoms in total. The van der Waals surface area contributed by atoms with Crippen molar-refractivity contribution < 1.29 is 9.53 Å². The molecule has 23 heavy (non-hydrogen) atoms. The van der Waals surface area contributed by atoms with Crippen LogP contribution >= 0.6 is 11.8 Å². The van der Waals surface area contributed by atoms with Crippen molar-refractivity contribution in [1.29, 1.82) is 5.26 Å². The van der Waals surface area contributed by atoms with E-state index in [-0.39, 0.29) is 23.3 Å². The highest BCUT2D eigenvalue weighted by atomic mass is 32.2. The molecule has 0 spiro atoms. The van der Waals surface area contributed by atoms with Gasteiger partial charge >= 0.3 is 5.69 Å². The predicted molar refractivity (Wildman–Crippen MR) is 87.1 cm³/mol. The highest BCUT2D eigenvalue weighted by molar-refractivity contribution is 7.99. The van der Waals surface area contributed by atoms with Crippen LogP contribution in [0.5, 0.6) is 0 Å². The molecule has 0 saturated heterocycles. The number of aromatic amines is 1. The number of carbonyl (C=O) groups excluding carboxylic acids is 1.